The Morgan fingerprint density at radius 1 is 1.26 bits per heavy atom. The maximum absolute atomic E-state index is 12.7. The molecule has 3 rings (SSSR count). The van der Waals surface area contributed by atoms with E-state index in [0.717, 1.165) is 6.54 Å². The van der Waals surface area contributed by atoms with Gasteiger partial charge in [0, 0.05) is 25.3 Å². The first-order valence-corrected chi connectivity index (χ1v) is 7.67. The molecule has 1 amide bonds. The van der Waals surface area contributed by atoms with Gasteiger partial charge in [-0.25, -0.2) is 4.79 Å². The van der Waals surface area contributed by atoms with Crippen LogP contribution in [0, 0.1) is 6.92 Å². The number of benzene rings is 1. The molecule has 23 heavy (non-hydrogen) atoms. The zero-order valence-electron chi connectivity index (χ0n) is 13.3. The number of hydrogen-bond donors (Lipinski definition) is 1. The van der Waals surface area contributed by atoms with Crippen LogP contribution in [0.4, 0.5) is 0 Å². The number of H-pyrrole nitrogens is 1. The smallest absolute Gasteiger partial charge is 0.334 e. The van der Waals surface area contributed by atoms with Gasteiger partial charge >= 0.3 is 5.69 Å². The summed E-state index contributed by atoms with van der Waals surface area (Å²) in [5, 5.41) is 0. The van der Waals surface area contributed by atoms with E-state index in [1.165, 1.54) is 5.56 Å². The minimum Gasteiger partial charge on any atom is -0.334 e. The zero-order chi connectivity index (χ0) is 16.4. The topological polar surface area (TPSA) is 69.3 Å². The van der Waals surface area contributed by atoms with E-state index in [2.05, 4.69) is 34.0 Å². The highest BCUT2D eigenvalue weighted by molar-refractivity contribution is 5.92. The number of amides is 1. The molecule has 0 aliphatic carbocycles. The summed E-state index contributed by atoms with van der Waals surface area (Å²) in [6.07, 6.45) is 0. The number of nitrogens with zero attached hydrogens (tertiary/aromatic N) is 3. The monoisotopic (exact) mass is 312 g/mol. The molecule has 0 spiro atoms. The Labute approximate surface area is 134 Å². The summed E-state index contributed by atoms with van der Waals surface area (Å²) < 4.78 is 0. The molecule has 6 nitrogen and oxygen atoms in total. The molecule has 1 saturated heterocycles. The van der Waals surface area contributed by atoms with E-state index < -0.39 is 5.69 Å². The normalized spacial score (nSPS) is 18.9. The van der Waals surface area contributed by atoms with Gasteiger partial charge in [0.25, 0.3) is 5.91 Å². The Kier molecular flexibility index (Phi) is 4.25. The van der Waals surface area contributed by atoms with Gasteiger partial charge in [-0.2, -0.15) is 4.98 Å². The summed E-state index contributed by atoms with van der Waals surface area (Å²) in [5.74, 6) is -0.187. The number of aryl methyl sites for hydroxylation is 1. The van der Waals surface area contributed by atoms with Gasteiger partial charge in [0.1, 0.15) is 5.69 Å². The highest BCUT2D eigenvalue weighted by Gasteiger charge is 2.29. The fourth-order valence-corrected chi connectivity index (χ4v) is 2.94. The van der Waals surface area contributed by atoms with Crippen molar-refractivity contribution in [2.24, 2.45) is 0 Å². The molecule has 1 N–H and O–H groups in total. The number of rotatable bonds is 2. The number of aromatic nitrogens is 2. The van der Waals surface area contributed by atoms with Crippen molar-refractivity contribution in [3.63, 3.8) is 0 Å². The fraction of sp³-hybridized carbons (Fsp3) is 0.353. The SMILES string of the molecule is Cc1cc(C(=O)N2CCN(C)C(c3ccccc3)C2)nc(=O)[nH]1. The lowest BCUT2D eigenvalue weighted by molar-refractivity contribution is 0.0540. The van der Waals surface area contributed by atoms with Gasteiger partial charge in [0.15, 0.2) is 0 Å². The van der Waals surface area contributed by atoms with Crippen LogP contribution in [-0.2, 0) is 0 Å². The van der Waals surface area contributed by atoms with Crippen molar-refractivity contribution in [1.82, 2.24) is 19.8 Å². The highest BCUT2D eigenvalue weighted by atomic mass is 16.2. The predicted octanol–water partition coefficient (Wildman–Crippen LogP) is 1.21. The van der Waals surface area contributed by atoms with E-state index in [1.54, 1.807) is 17.9 Å². The van der Waals surface area contributed by atoms with Crippen LogP contribution >= 0.6 is 0 Å². The average Bonchev–Trinajstić information content (AvgIpc) is 2.54. The summed E-state index contributed by atoms with van der Waals surface area (Å²) in [4.78, 5) is 34.6. The molecule has 0 bridgehead atoms. The van der Waals surface area contributed by atoms with Crippen LogP contribution < -0.4 is 5.69 Å². The summed E-state index contributed by atoms with van der Waals surface area (Å²) in [7, 11) is 2.06. The van der Waals surface area contributed by atoms with Crippen LogP contribution in [-0.4, -0.2) is 52.4 Å². The number of hydrogen-bond acceptors (Lipinski definition) is 4. The lowest BCUT2D eigenvalue weighted by atomic mass is 10.0. The summed E-state index contributed by atoms with van der Waals surface area (Å²) >= 11 is 0. The first-order valence-electron chi connectivity index (χ1n) is 7.67. The van der Waals surface area contributed by atoms with E-state index in [1.807, 2.05) is 18.2 Å². The van der Waals surface area contributed by atoms with Crippen molar-refractivity contribution in [1.29, 1.82) is 0 Å². The standard InChI is InChI=1S/C17H20N4O2/c1-12-10-14(19-17(23)18-12)16(22)21-9-8-20(2)15(11-21)13-6-4-3-5-7-13/h3-7,10,15H,8-9,11H2,1-2H3,(H,18,19,23). The third kappa shape index (κ3) is 3.32. The number of aromatic amines is 1. The Hall–Kier alpha value is -2.47. The zero-order valence-corrected chi connectivity index (χ0v) is 13.3. The van der Waals surface area contributed by atoms with Gasteiger partial charge < -0.3 is 9.88 Å². The largest absolute Gasteiger partial charge is 0.345 e. The van der Waals surface area contributed by atoms with Crippen LogP contribution in [0.15, 0.2) is 41.2 Å². The van der Waals surface area contributed by atoms with Crippen LogP contribution in [0.3, 0.4) is 0 Å². The minimum absolute atomic E-state index is 0.150. The number of piperazine rings is 1. The van der Waals surface area contributed by atoms with E-state index in [4.69, 9.17) is 0 Å². The highest BCUT2D eigenvalue weighted by Crippen LogP contribution is 2.24. The average molecular weight is 312 g/mol. The van der Waals surface area contributed by atoms with Gasteiger partial charge in [0.05, 0.1) is 6.04 Å². The maximum Gasteiger partial charge on any atom is 0.345 e. The second kappa shape index (κ2) is 6.34. The lowest BCUT2D eigenvalue weighted by Gasteiger charge is -2.39. The predicted molar refractivity (Wildman–Crippen MR) is 87.3 cm³/mol. The molecule has 2 heterocycles. The molecule has 1 aliphatic heterocycles. The minimum atomic E-state index is -0.484. The number of nitrogens with one attached hydrogen (secondary N) is 1. The molecule has 0 saturated carbocycles. The number of carbonyl (C=O) groups excluding carboxylic acids is 1. The van der Waals surface area contributed by atoms with Gasteiger partial charge in [-0.1, -0.05) is 30.3 Å². The van der Waals surface area contributed by atoms with Gasteiger partial charge in [-0.05, 0) is 25.6 Å². The van der Waals surface area contributed by atoms with Crippen molar-refractivity contribution < 1.29 is 4.79 Å². The van der Waals surface area contributed by atoms with Crippen LogP contribution in [0.2, 0.25) is 0 Å². The van der Waals surface area contributed by atoms with Gasteiger partial charge in [-0.15, -0.1) is 0 Å². The third-order valence-electron chi connectivity index (χ3n) is 4.22. The molecular weight excluding hydrogens is 292 g/mol. The molecule has 1 atom stereocenters. The number of likely N-dealkylation sites (N-methyl/N-ethyl adjacent to an activating group) is 1. The van der Waals surface area contributed by atoms with Crippen molar-refractivity contribution in [3.8, 4) is 0 Å². The van der Waals surface area contributed by atoms with Crippen molar-refractivity contribution in [2.75, 3.05) is 26.7 Å². The summed E-state index contributed by atoms with van der Waals surface area (Å²) in [6, 6.07) is 11.9. The number of carbonyl (C=O) groups is 1. The second-order valence-corrected chi connectivity index (χ2v) is 5.91. The maximum atomic E-state index is 12.7. The van der Waals surface area contributed by atoms with Crippen LogP contribution in [0.1, 0.15) is 27.8 Å². The van der Waals surface area contributed by atoms with E-state index >= 15 is 0 Å². The summed E-state index contributed by atoms with van der Waals surface area (Å²) in [6.45, 7) is 3.75. The lowest BCUT2D eigenvalue weighted by Crippen LogP contribution is -2.49. The Bertz CT molecular complexity index is 757. The molecular formula is C17H20N4O2. The Morgan fingerprint density at radius 3 is 2.70 bits per heavy atom. The van der Waals surface area contributed by atoms with Crippen LogP contribution in [0.25, 0.3) is 0 Å². The Balaban J connectivity index is 1.83. The van der Waals surface area contributed by atoms with Crippen molar-refractivity contribution in [2.45, 2.75) is 13.0 Å². The van der Waals surface area contributed by atoms with Crippen molar-refractivity contribution in [3.05, 3.63) is 63.8 Å². The van der Waals surface area contributed by atoms with E-state index in [-0.39, 0.29) is 17.6 Å². The Morgan fingerprint density at radius 2 is 2.00 bits per heavy atom. The quantitative estimate of drug-likeness (QED) is 0.905. The summed E-state index contributed by atoms with van der Waals surface area (Å²) in [5.41, 5.74) is 1.55. The molecule has 120 valence electrons. The molecule has 1 aromatic heterocycles. The molecule has 0 radical (unpaired) electrons. The van der Waals surface area contributed by atoms with E-state index in [0.29, 0.717) is 18.8 Å². The first kappa shape index (κ1) is 15.4. The second-order valence-electron chi connectivity index (χ2n) is 5.91. The van der Waals surface area contributed by atoms with Gasteiger partial charge in [0.2, 0.25) is 0 Å². The molecule has 6 heteroatoms. The van der Waals surface area contributed by atoms with E-state index in [9.17, 15) is 9.59 Å². The van der Waals surface area contributed by atoms with Crippen molar-refractivity contribution >= 4 is 5.91 Å². The van der Waals surface area contributed by atoms with Crippen LogP contribution in [0.5, 0.6) is 0 Å². The fourth-order valence-electron chi connectivity index (χ4n) is 2.94. The first-order chi connectivity index (χ1) is 11.0. The molecule has 1 aromatic carbocycles. The third-order valence-corrected chi connectivity index (χ3v) is 4.22. The van der Waals surface area contributed by atoms with Gasteiger partial charge in [-0.3, -0.25) is 9.69 Å². The molecule has 1 unspecified atom stereocenters. The molecule has 1 fully saturated rings. The molecule has 2 aromatic rings. The molecule has 1 aliphatic rings.